The van der Waals surface area contributed by atoms with E-state index in [1.807, 2.05) is 0 Å². The highest BCUT2D eigenvalue weighted by molar-refractivity contribution is 9.10. The van der Waals surface area contributed by atoms with Crippen molar-refractivity contribution in [3.63, 3.8) is 0 Å². The highest BCUT2D eigenvalue weighted by Gasteiger charge is 2.09. The zero-order valence-corrected chi connectivity index (χ0v) is 8.36. The molecule has 0 unspecified atom stereocenters. The van der Waals surface area contributed by atoms with Gasteiger partial charge in [0.05, 0.1) is 21.4 Å². The van der Waals surface area contributed by atoms with Crippen LogP contribution >= 0.6 is 28.0 Å². The number of halogens is 3. The maximum absolute atomic E-state index is 12.9. The minimum Gasteiger partial charge on any atom is -0.220 e. The van der Waals surface area contributed by atoms with Crippen molar-refractivity contribution in [1.82, 2.24) is 0 Å². The molecule has 0 bridgehead atoms. The Labute approximate surface area is 84.8 Å². The lowest BCUT2D eigenvalue weighted by molar-refractivity contribution is -0.432. The monoisotopic (exact) mass is 272 g/mol. The third-order valence-corrected chi connectivity index (χ3v) is 2.36. The standard InChI is InChI=1S/C6H3BrF2O3S/c7-3-1-5(9)6(2-4(3)8)13-12-11-10/h1-2,10H. The summed E-state index contributed by atoms with van der Waals surface area (Å²) >= 11 is 3.16. The molecular weight excluding hydrogens is 270 g/mol. The third kappa shape index (κ3) is 2.89. The van der Waals surface area contributed by atoms with Crippen LogP contribution in [0.25, 0.3) is 0 Å². The summed E-state index contributed by atoms with van der Waals surface area (Å²) in [5, 5.41) is 11.0. The number of hydrogen-bond acceptors (Lipinski definition) is 4. The normalized spacial score (nSPS) is 10.5. The van der Waals surface area contributed by atoms with Gasteiger partial charge in [-0.15, -0.1) is 4.33 Å². The molecule has 0 radical (unpaired) electrons. The van der Waals surface area contributed by atoms with E-state index in [4.69, 9.17) is 5.26 Å². The molecule has 0 atom stereocenters. The van der Waals surface area contributed by atoms with Crippen LogP contribution in [0.4, 0.5) is 8.78 Å². The van der Waals surface area contributed by atoms with Crippen molar-refractivity contribution in [2.75, 3.05) is 0 Å². The van der Waals surface area contributed by atoms with E-state index in [0.717, 1.165) is 12.1 Å². The first-order chi connectivity index (χ1) is 6.15. The van der Waals surface area contributed by atoms with Crippen molar-refractivity contribution in [2.45, 2.75) is 4.90 Å². The van der Waals surface area contributed by atoms with Crippen molar-refractivity contribution >= 4 is 28.0 Å². The van der Waals surface area contributed by atoms with Crippen molar-refractivity contribution < 1.29 is 23.4 Å². The maximum Gasteiger partial charge on any atom is 0.140 e. The lowest BCUT2D eigenvalue weighted by atomic mass is 10.3. The van der Waals surface area contributed by atoms with Gasteiger partial charge in [-0.3, -0.25) is 0 Å². The predicted molar refractivity (Wildman–Crippen MR) is 44.7 cm³/mol. The summed E-state index contributed by atoms with van der Waals surface area (Å²) in [6.45, 7) is 0. The second kappa shape index (κ2) is 4.87. The quantitative estimate of drug-likeness (QED) is 0.397. The van der Waals surface area contributed by atoms with E-state index in [1.165, 1.54) is 0 Å². The topological polar surface area (TPSA) is 38.7 Å². The van der Waals surface area contributed by atoms with Gasteiger partial charge in [-0.25, -0.2) is 14.0 Å². The summed E-state index contributed by atoms with van der Waals surface area (Å²) in [7, 11) is 0. The maximum atomic E-state index is 12.9. The zero-order chi connectivity index (χ0) is 9.84. The molecule has 1 N–H and O–H groups in total. The second-order valence-corrected chi connectivity index (χ2v) is 3.52. The summed E-state index contributed by atoms with van der Waals surface area (Å²) in [5.74, 6) is -1.32. The van der Waals surface area contributed by atoms with Crippen LogP contribution in [0.3, 0.4) is 0 Å². The van der Waals surface area contributed by atoms with Crippen LogP contribution in [0, 0.1) is 11.6 Å². The molecule has 0 saturated carbocycles. The number of rotatable bonds is 3. The first-order valence-electron chi connectivity index (χ1n) is 2.94. The minimum atomic E-state index is -0.685. The first kappa shape index (κ1) is 10.9. The zero-order valence-electron chi connectivity index (χ0n) is 5.96. The van der Waals surface area contributed by atoms with Gasteiger partial charge in [0.1, 0.15) is 11.6 Å². The number of hydrogen-bond donors (Lipinski definition) is 1. The molecule has 0 fully saturated rings. The second-order valence-electron chi connectivity index (χ2n) is 1.92. The van der Waals surface area contributed by atoms with Crippen LogP contribution in [-0.2, 0) is 9.37 Å². The first-order valence-corrected chi connectivity index (χ1v) is 4.48. The molecule has 0 aliphatic rings. The fraction of sp³-hybridized carbons (Fsp3) is 0. The van der Waals surface area contributed by atoms with Gasteiger partial charge in [-0.2, -0.15) is 0 Å². The van der Waals surface area contributed by atoms with E-state index in [0.29, 0.717) is 12.0 Å². The Morgan fingerprint density at radius 1 is 1.31 bits per heavy atom. The largest absolute Gasteiger partial charge is 0.220 e. The van der Waals surface area contributed by atoms with Gasteiger partial charge in [-0.1, -0.05) is 5.04 Å². The van der Waals surface area contributed by atoms with Gasteiger partial charge < -0.3 is 0 Å². The van der Waals surface area contributed by atoms with E-state index in [1.54, 1.807) is 0 Å². The van der Waals surface area contributed by atoms with Crippen LogP contribution in [0.5, 0.6) is 0 Å². The summed E-state index contributed by atoms with van der Waals surface area (Å²) in [6.07, 6.45) is 0. The molecule has 0 aliphatic carbocycles. The smallest absolute Gasteiger partial charge is 0.140 e. The fourth-order valence-electron chi connectivity index (χ4n) is 0.620. The molecule has 13 heavy (non-hydrogen) atoms. The molecule has 1 rings (SSSR count). The van der Waals surface area contributed by atoms with Crippen LogP contribution in [0.15, 0.2) is 21.5 Å². The van der Waals surface area contributed by atoms with Gasteiger partial charge in [-0.05, 0) is 28.1 Å². The molecular formula is C6H3BrF2O3S. The minimum absolute atomic E-state index is 0.0132. The Balaban J connectivity index is 2.88. The highest BCUT2D eigenvalue weighted by atomic mass is 79.9. The summed E-state index contributed by atoms with van der Waals surface area (Å²) < 4.78 is 29.7. The molecule has 3 nitrogen and oxygen atoms in total. The van der Waals surface area contributed by atoms with E-state index in [2.05, 4.69) is 25.3 Å². The lowest BCUT2D eigenvalue weighted by Gasteiger charge is -2.01. The van der Waals surface area contributed by atoms with Gasteiger partial charge in [0.2, 0.25) is 0 Å². The predicted octanol–water partition coefficient (Wildman–Crippen LogP) is 3.16. The Hall–Kier alpha value is -0.210. The molecule has 0 spiro atoms. The number of benzene rings is 1. The van der Waals surface area contributed by atoms with Crippen LogP contribution in [0.2, 0.25) is 0 Å². The Morgan fingerprint density at radius 2 is 2.00 bits per heavy atom. The molecule has 0 aliphatic heterocycles. The van der Waals surface area contributed by atoms with E-state index < -0.39 is 11.6 Å². The van der Waals surface area contributed by atoms with Crippen molar-refractivity contribution in [3.05, 3.63) is 28.2 Å². The Morgan fingerprint density at radius 3 is 2.62 bits per heavy atom. The van der Waals surface area contributed by atoms with Crippen LogP contribution in [-0.4, -0.2) is 5.26 Å². The lowest BCUT2D eigenvalue weighted by Crippen LogP contribution is -1.87. The summed E-state index contributed by atoms with van der Waals surface area (Å²) in [5.41, 5.74) is 0. The van der Waals surface area contributed by atoms with E-state index in [9.17, 15) is 8.78 Å². The van der Waals surface area contributed by atoms with E-state index in [-0.39, 0.29) is 9.37 Å². The molecule has 1 aromatic rings. The molecule has 0 aromatic heterocycles. The van der Waals surface area contributed by atoms with Crippen LogP contribution in [0.1, 0.15) is 0 Å². The third-order valence-electron chi connectivity index (χ3n) is 1.13. The molecule has 0 saturated heterocycles. The van der Waals surface area contributed by atoms with Gasteiger partial charge in [0, 0.05) is 0 Å². The molecule has 72 valence electrons. The Kier molecular flexibility index (Phi) is 4.07. The average Bonchev–Trinajstić information content (AvgIpc) is 2.09. The van der Waals surface area contributed by atoms with Gasteiger partial charge >= 0.3 is 0 Å². The fourth-order valence-corrected chi connectivity index (χ4v) is 1.33. The van der Waals surface area contributed by atoms with Crippen molar-refractivity contribution in [2.24, 2.45) is 0 Å². The summed E-state index contributed by atoms with van der Waals surface area (Å²) in [6, 6.07) is 1.85. The molecule has 1 aromatic carbocycles. The molecule has 7 heteroatoms. The average molecular weight is 273 g/mol. The molecule has 0 amide bonds. The molecule has 0 heterocycles. The highest BCUT2D eigenvalue weighted by Crippen LogP contribution is 2.27. The SMILES string of the molecule is OOOSc1cc(F)c(Br)cc1F. The summed E-state index contributed by atoms with van der Waals surface area (Å²) in [4.78, 5) is -0.130. The van der Waals surface area contributed by atoms with Gasteiger partial charge in [0.25, 0.3) is 0 Å². The van der Waals surface area contributed by atoms with Crippen molar-refractivity contribution in [3.8, 4) is 0 Å². The van der Waals surface area contributed by atoms with Gasteiger partial charge in [0.15, 0.2) is 0 Å². The van der Waals surface area contributed by atoms with Crippen LogP contribution < -0.4 is 0 Å². The van der Waals surface area contributed by atoms with E-state index >= 15 is 0 Å². The van der Waals surface area contributed by atoms with Crippen molar-refractivity contribution in [1.29, 1.82) is 0 Å². The Bertz CT molecular complexity index is 310.